The summed E-state index contributed by atoms with van der Waals surface area (Å²) >= 11 is 0. The Morgan fingerprint density at radius 2 is 0.480 bits per heavy atom. The lowest BCUT2D eigenvalue weighted by Gasteiger charge is -2.21. The van der Waals surface area contributed by atoms with E-state index >= 15 is 0 Å². The fraction of sp³-hybridized carbons (Fsp3) is 0.951. The first-order chi connectivity index (χ1) is 48.1. The quantitative estimate of drug-likeness (QED) is 0.0222. The molecule has 19 heteroatoms. The van der Waals surface area contributed by atoms with Gasteiger partial charge in [-0.1, -0.05) is 364 Å². The number of hydrogen-bond donors (Lipinski definition) is 3. The summed E-state index contributed by atoms with van der Waals surface area (Å²) in [4.78, 5) is 72.9. The van der Waals surface area contributed by atoms with Gasteiger partial charge in [-0.2, -0.15) is 0 Å². The van der Waals surface area contributed by atoms with Gasteiger partial charge in [-0.05, 0) is 49.4 Å². The van der Waals surface area contributed by atoms with Crippen molar-refractivity contribution < 1.29 is 80.2 Å². The summed E-state index contributed by atoms with van der Waals surface area (Å²) in [5.74, 6) is 0.967. The zero-order chi connectivity index (χ0) is 73.8. The minimum atomic E-state index is -4.96. The van der Waals surface area contributed by atoms with E-state index in [1.54, 1.807) is 0 Å². The number of phosphoric ester groups is 2. The van der Waals surface area contributed by atoms with E-state index < -0.39 is 97.5 Å². The van der Waals surface area contributed by atoms with E-state index in [4.69, 9.17) is 37.0 Å². The molecule has 0 heterocycles. The summed E-state index contributed by atoms with van der Waals surface area (Å²) < 4.78 is 68.6. The van der Waals surface area contributed by atoms with Crippen LogP contribution < -0.4 is 0 Å². The van der Waals surface area contributed by atoms with Crippen molar-refractivity contribution in [1.82, 2.24) is 0 Å². The first-order valence-corrected chi connectivity index (χ1v) is 44.7. The van der Waals surface area contributed by atoms with Gasteiger partial charge in [0.2, 0.25) is 0 Å². The highest BCUT2D eigenvalue weighted by atomic mass is 31.2. The molecule has 0 aliphatic carbocycles. The molecule has 0 rings (SSSR count). The molecule has 6 atom stereocenters. The van der Waals surface area contributed by atoms with Crippen LogP contribution in [0.2, 0.25) is 0 Å². The zero-order valence-corrected chi connectivity index (χ0v) is 67.6. The van der Waals surface area contributed by atoms with Crippen LogP contribution in [-0.4, -0.2) is 96.7 Å². The largest absolute Gasteiger partial charge is 0.472 e. The number of carbonyl (C=O) groups is 4. The normalized spacial score (nSPS) is 14.3. The first-order valence-electron chi connectivity index (χ1n) is 41.7. The molecule has 0 aromatic carbocycles. The maximum atomic E-state index is 13.1. The van der Waals surface area contributed by atoms with Gasteiger partial charge in [-0.3, -0.25) is 37.3 Å². The van der Waals surface area contributed by atoms with Gasteiger partial charge in [-0.25, -0.2) is 9.13 Å². The predicted molar refractivity (Wildman–Crippen MR) is 409 cm³/mol. The highest BCUT2D eigenvalue weighted by Gasteiger charge is 2.30. The topological polar surface area (TPSA) is 237 Å². The Bertz CT molecular complexity index is 1960. The third kappa shape index (κ3) is 73.0. The predicted octanol–water partition coefficient (Wildman–Crippen LogP) is 24.0. The number of aliphatic hydroxyl groups excluding tert-OH is 1. The summed E-state index contributed by atoms with van der Waals surface area (Å²) in [5.41, 5.74) is 0. The van der Waals surface area contributed by atoms with Crippen LogP contribution in [0, 0.1) is 23.7 Å². The maximum absolute atomic E-state index is 13.1. The molecule has 0 aromatic heterocycles. The Balaban J connectivity index is 5.19. The molecule has 0 aliphatic rings. The highest BCUT2D eigenvalue weighted by molar-refractivity contribution is 7.47. The summed E-state index contributed by atoms with van der Waals surface area (Å²) in [6, 6.07) is 0. The first kappa shape index (κ1) is 98.1. The van der Waals surface area contributed by atoms with Crippen molar-refractivity contribution in [3.8, 4) is 0 Å². The van der Waals surface area contributed by atoms with Crippen LogP contribution in [-0.2, 0) is 65.4 Å². The van der Waals surface area contributed by atoms with Crippen LogP contribution in [0.3, 0.4) is 0 Å². The van der Waals surface area contributed by atoms with Gasteiger partial charge in [0.05, 0.1) is 26.4 Å². The van der Waals surface area contributed by atoms with Crippen molar-refractivity contribution in [2.45, 2.75) is 433 Å². The van der Waals surface area contributed by atoms with Crippen molar-refractivity contribution in [3.63, 3.8) is 0 Å². The SMILES string of the molecule is CCC(C)CCCCCCCCCCCCCCCCCCCCC(=O)OC[C@H](COP(=O)(O)OC[C@@H](O)COP(=O)(O)OC[C@@H](COC(=O)CCCCCCCCC(C)C)OC(=O)CCCCCCCCCCCC(C)C)OC(=O)CCCCCCCCCCCCCCCCC(C)C. The fourth-order valence-electron chi connectivity index (χ4n) is 12.4. The number of phosphoric acid groups is 2. The second kappa shape index (κ2) is 70.1. The summed E-state index contributed by atoms with van der Waals surface area (Å²) in [7, 11) is -9.92. The Kier molecular flexibility index (Phi) is 68.7. The molecule has 0 fully saturated rings. The second-order valence-electron chi connectivity index (χ2n) is 30.8. The maximum Gasteiger partial charge on any atom is 0.472 e. The molecule has 0 saturated heterocycles. The highest BCUT2D eigenvalue weighted by Crippen LogP contribution is 2.45. The van der Waals surface area contributed by atoms with E-state index in [0.29, 0.717) is 31.6 Å². The molecule has 0 spiro atoms. The number of rotatable bonds is 78. The standard InChI is InChI=1S/C81H158O17P2/c1-9-74(8)60-52-44-35-29-23-19-14-12-10-11-13-15-20-24-30-36-45-53-61-78(83)91-67-76(97-80(85)63-55-47-37-31-25-21-17-16-18-22-27-33-41-49-57-71(2)3)69-95-99(87,88)93-65-75(82)66-94-100(89,90)96-70-77(68-92-79(84)62-54-46-40-39-43-51-59-73(6)7)98-81(86)64-56-48-38-32-26-28-34-42-50-58-72(4)5/h71-77,82H,9-70H2,1-8H3,(H,87,88)(H,89,90)/t74?,75-,76-,77-/m1/s1. The van der Waals surface area contributed by atoms with Crippen LogP contribution >= 0.6 is 15.6 Å². The lowest BCUT2D eigenvalue weighted by Crippen LogP contribution is -2.30. The number of carbonyl (C=O) groups excluding carboxylic acids is 4. The Morgan fingerprint density at radius 1 is 0.280 bits per heavy atom. The van der Waals surface area contributed by atoms with Gasteiger partial charge in [0, 0.05) is 25.7 Å². The molecule has 0 radical (unpaired) electrons. The summed E-state index contributed by atoms with van der Waals surface area (Å²) in [5, 5.41) is 10.6. The average Bonchev–Trinajstić information content (AvgIpc) is 0.931. The van der Waals surface area contributed by atoms with Crippen LogP contribution in [0.4, 0.5) is 0 Å². The second-order valence-corrected chi connectivity index (χ2v) is 33.7. The van der Waals surface area contributed by atoms with E-state index in [1.165, 1.54) is 212 Å². The minimum Gasteiger partial charge on any atom is -0.462 e. The van der Waals surface area contributed by atoms with Gasteiger partial charge < -0.3 is 33.8 Å². The van der Waals surface area contributed by atoms with E-state index in [-0.39, 0.29) is 25.7 Å². The monoisotopic (exact) mass is 1470 g/mol. The molecule has 594 valence electrons. The summed E-state index contributed by atoms with van der Waals surface area (Å²) in [6.07, 6.45) is 57.2. The van der Waals surface area contributed by atoms with Crippen LogP contribution in [0.1, 0.15) is 415 Å². The third-order valence-electron chi connectivity index (χ3n) is 19.2. The van der Waals surface area contributed by atoms with Gasteiger partial charge in [0.25, 0.3) is 0 Å². The van der Waals surface area contributed by atoms with Crippen molar-refractivity contribution in [2.75, 3.05) is 39.6 Å². The van der Waals surface area contributed by atoms with Crippen molar-refractivity contribution in [1.29, 1.82) is 0 Å². The van der Waals surface area contributed by atoms with Crippen molar-refractivity contribution in [2.24, 2.45) is 23.7 Å². The Morgan fingerprint density at radius 3 is 0.710 bits per heavy atom. The third-order valence-corrected chi connectivity index (χ3v) is 21.1. The number of aliphatic hydroxyl groups is 1. The Labute approximate surface area is 613 Å². The lowest BCUT2D eigenvalue weighted by atomic mass is 9.99. The number of hydrogen-bond acceptors (Lipinski definition) is 15. The molecular weight excluding hydrogens is 1310 g/mol. The van der Waals surface area contributed by atoms with Gasteiger partial charge in [0.1, 0.15) is 19.3 Å². The van der Waals surface area contributed by atoms with Crippen molar-refractivity contribution >= 4 is 39.5 Å². The molecular formula is C81H158O17P2. The molecule has 100 heavy (non-hydrogen) atoms. The molecule has 0 amide bonds. The smallest absolute Gasteiger partial charge is 0.462 e. The van der Waals surface area contributed by atoms with Gasteiger partial charge >= 0.3 is 39.5 Å². The van der Waals surface area contributed by atoms with Crippen LogP contribution in [0.25, 0.3) is 0 Å². The average molecular weight is 1470 g/mol. The lowest BCUT2D eigenvalue weighted by molar-refractivity contribution is -0.161. The molecule has 3 N–H and O–H groups in total. The summed E-state index contributed by atoms with van der Waals surface area (Å²) in [6.45, 7) is 14.2. The van der Waals surface area contributed by atoms with Crippen molar-refractivity contribution in [3.05, 3.63) is 0 Å². The van der Waals surface area contributed by atoms with E-state index in [0.717, 1.165) is 114 Å². The number of esters is 4. The zero-order valence-electron chi connectivity index (χ0n) is 65.8. The fourth-order valence-corrected chi connectivity index (χ4v) is 14.0. The number of unbranched alkanes of at least 4 members (excludes halogenated alkanes) is 43. The van der Waals surface area contributed by atoms with E-state index in [9.17, 15) is 43.2 Å². The molecule has 0 saturated carbocycles. The van der Waals surface area contributed by atoms with Crippen LogP contribution in [0.5, 0.6) is 0 Å². The Hall–Kier alpha value is -1.94. The molecule has 0 aromatic rings. The van der Waals surface area contributed by atoms with E-state index in [1.807, 2.05) is 0 Å². The molecule has 3 unspecified atom stereocenters. The van der Waals surface area contributed by atoms with Crippen LogP contribution in [0.15, 0.2) is 0 Å². The van der Waals surface area contributed by atoms with E-state index in [2.05, 4.69) is 55.4 Å². The number of ether oxygens (including phenoxy) is 4. The molecule has 0 bridgehead atoms. The van der Waals surface area contributed by atoms with Gasteiger partial charge in [-0.15, -0.1) is 0 Å². The molecule has 0 aliphatic heterocycles. The molecule has 17 nitrogen and oxygen atoms in total. The minimum absolute atomic E-state index is 0.104. The van der Waals surface area contributed by atoms with Gasteiger partial charge in [0.15, 0.2) is 12.2 Å².